The Morgan fingerprint density at radius 1 is 0.833 bits per heavy atom. The van der Waals surface area contributed by atoms with E-state index >= 15 is 0 Å². The number of esters is 2. The van der Waals surface area contributed by atoms with E-state index in [0.29, 0.717) is 0 Å². The van der Waals surface area contributed by atoms with Crippen molar-refractivity contribution < 1.29 is 19.1 Å². The van der Waals surface area contributed by atoms with E-state index in [4.69, 9.17) is 9.47 Å². The zero-order chi connectivity index (χ0) is 18.6. The van der Waals surface area contributed by atoms with Crippen molar-refractivity contribution in [3.63, 3.8) is 0 Å². The standard InChI is InChI=1S/C20H28O4/c1-7-12-16(18(21)23-11-5)17(13-8-2)19(22)24-20(6,14-9-3)15-10-4/h7-10,12-15H,11H2,1-6H3/b12-7?,13-8?,14-9?,15-10?,17-16-. The van der Waals surface area contributed by atoms with E-state index in [0.717, 1.165) is 0 Å². The number of allylic oxidation sites excluding steroid dienone is 4. The van der Waals surface area contributed by atoms with Gasteiger partial charge in [-0.05, 0) is 53.7 Å². The normalized spacial score (nSPS) is 15.9. The summed E-state index contributed by atoms with van der Waals surface area (Å²) < 4.78 is 10.7. The molecule has 0 rings (SSSR count). The Bertz CT molecular complexity index is 562. The largest absolute Gasteiger partial charge is 0.462 e. The fourth-order valence-corrected chi connectivity index (χ4v) is 2.12. The molecule has 0 saturated heterocycles. The second kappa shape index (κ2) is 11.2. The Balaban J connectivity index is 5.98. The lowest BCUT2D eigenvalue weighted by molar-refractivity contribution is -0.146. The predicted molar refractivity (Wildman–Crippen MR) is 97.4 cm³/mol. The quantitative estimate of drug-likeness (QED) is 0.285. The number of carbonyl (C=O) groups is 2. The maximum atomic E-state index is 12.7. The van der Waals surface area contributed by atoms with Gasteiger partial charge in [0.2, 0.25) is 0 Å². The van der Waals surface area contributed by atoms with Crippen molar-refractivity contribution in [3.05, 3.63) is 59.8 Å². The molecule has 0 atom stereocenters. The monoisotopic (exact) mass is 332 g/mol. The Morgan fingerprint density at radius 2 is 1.29 bits per heavy atom. The number of hydrogen-bond donors (Lipinski definition) is 0. The zero-order valence-electron chi connectivity index (χ0n) is 15.5. The lowest BCUT2D eigenvalue weighted by Crippen LogP contribution is -2.28. The van der Waals surface area contributed by atoms with Crippen LogP contribution in [0.1, 0.15) is 41.5 Å². The molecule has 0 radical (unpaired) electrons. The number of ether oxygens (including phenoxy) is 2. The van der Waals surface area contributed by atoms with E-state index in [9.17, 15) is 9.59 Å². The third-order valence-corrected chi connectivity index (χ3v) is 2.98. The molecule has 0 fully saturated rings. The molecule has 0 N–H and O–H groups in total. The molecule has 0 saturated carbocycles. The SMILES string of the molecule is CC=C/C(C(=O)OCC)=C(\C=CC)C(=O)OC(C)(C=CC)C=CC. The third kappa shape index (κ3) is 6.82. The molecule has 0 aliphatic rings. The van der Waals surface area contributed by atoms with E-state index in [1.54, 1.807) is 64.2 Å². The first-order valence-electron chi connectivity index (χ1n) is 8.06. The molecule has 0 heterocycles. The van der Waals surface area contributed by atoms with Gasteiger partial charge in [0, 0.05) is 0 Å². The average Bonchev–Trinajstić information content (AvgIpc) is 2.51. The summed E-state index contributed by atoms with van der Waals surface area (Å²) in [4.78, 5) is 24.9. The van der Waals surface area contributed by atoms with Gasteiger partial charge in [-0.2, -0.15) is 0 Å². The maximum absolute atomic E-state index is 12.7. The molecule has 132 valence electrons. The van der Waals surface area contributed by atoms with Crippen LogP contribution in [0.2, 0.25) is 0 Å². The van der Waals surface area contributed by atoms with Crippen molar-refractivity contribution in [3.8, 4) is 0 Å². The second-order valence-electron chi connectivity index (χ2n) is 5.12. The molecular weight excluding hydrogens is 304 g/mol. The van der Waals surface area contributed by atoms with Crippen molar-refractivity contribution in [2.75, 3.05) is 6.61 Å². The highest BCUT2D eigenvalue weighted by atomic mass is 16.6. The van der Waals surface area contributed by atoms with E-state index in [-0.39, 0.29) is 17.8 Å². The summed E-state index contributed by atoms with van der Waals surface area (Å²) in [5, 5.41) is 0. The molecule has 4 heteroatoms. The van der Waals surface area contributed by atoms with Crippen molar-refractivity contribution in [1.82, 2.24) is 0 Å². The smallest absolute Gasteiger partial charge is 0.340 e. The minimum atomic E-state index is -0.886. The summed E-state index contributed by atoms with van der Waals surface area (Å²) >= 11 is 0. The van der Waals surface area contributed by atoms with Gasteiger partial charge in [0.15, 0.2) is 0 Å². The fraction of sp³-hybridized carbons (Fsp3) is 0.400. The molecule has 0 aromatic rings. The van der Waals surface area contributed by atoms with Gasteiger partial charge >= 0.3 is 11.9 Å². The molecule has 0 aromatic heterocycles. The fourth-order valence-electron chi connectivity index (χ4n) is 2.12. The van der Waals surface area contributed by atoms with Crippen molar-refractivity contribution in [2.45, 2.75) is 47.1 Å². The molecule has 0 aliphatic heterocycles. The van der Waals surface area contributed by atoms with Gasteiger partial charge in [-0.1, -0.05) is 36.5 Å². The summed E-state index contributed by atoms with van der Waals surface area (Å²) in [6.45, 7) is 11.0. The van der Waals surface area contributed by atoms with Crippen LogP contribution in [0.15, 0.2) is 59.8 Å². The maximum Gasteiger partial charge on any atom is 0.340 e. The molecule has 0 unspecified atom stereocenters. The molecule has 0 spiro atoms. The summed E-state index contributed by atoms with van der Waals surface area (Å²) in [5.41, 5.74) is -0.552. The molecular formula is C20H28O4. The first-order valence-corrected chi connectivity index (χ1v) is 8.06. The highest BCUT2D eigenvalue weighted by Crippen LogP contribution is 2.20. The first kappa shape index (κ1) is 21.6. The third-order valence-electron chi connectivity index (χ3n) is 2.98. The van der Waals surface area contributed by atoms with Crippen LogP contribution in [0.5, 0.6) is 0 Å². The highest BCUT2D eigenvalue weighted by molar-refractivity contribution is 6.04. The summed E-state index contributed by atoms with van der Waals surface area (Å²) in [5.74, 6) is -1.15. The Kier molecular flexibility index (Phi) is 10.1. The van der Waals surface area contributed by atoms with Gasteiger partial charge in [-0.25, -0.2) is 9.59 Å². The van der Waals surface area contributed by atoms with Crippen LogP contribution in [0.3, 0.4) is 0 Å². The summed E-state index contributed by atoms with van der Waals surface area (Å²) in [6, 6.07) is 0. The number of hydrogen-bond acceptors (Lipinski definition) is 4. The van der Waals surface area contributed by atoms with Gasteiger partial charge in [0.05, 0.1) is 17.8 Å². The number of carbonyl (C=O) groups excluding carboxylic acids is 2. The van der Waals surface area contributed by atoms with Gasteiger partial charge < -0.3 is 9.47 Å². The predicted octanol–water partition coefficient (Wildman–Crippen LogP) is 4.45. The van der Waals surface area contributed by atoms with Gasteiger partial charge in [-0.3, -0.25) is 0 Å². The molecule has 0 amide bonds. The molecule has 24 heavy (non-hydrogen) atoms. The van der Waals surface area contributed by atoms with Crippen LogP contribution >= 0.6 is 0 Å². The molecule has 4 nitrogen and oxygen atoms in total. The van der Waals surface area contributed by atoms with E-state index in [1.165, 1.54) is 0 Å². The van der Waals surface area contributed by atoms with Gasteiger partial charge in [-0.15, -0.1) is 0 Å². The van der Waals surface area contributed by atoms with Gasteiger partial charge in [0.25, 0.3) is 0 Å². The molecule has 0 aliphatic carbocycles. The first-order chi connectivity index (χ1) is 11.4. The highest BCUT2D eigenvalue weighted by Gasteiger charge is 2.26. The lowest BCUT2D eigenvalue weighted by atomic mass is 10.0. The molecule has 0 aromatic carbocycles. The Morgan fingerprint density at radius 3 is 1.67 bits per heavy atom. The van der Waals surface area contributed by atoms with Gasteiger partial charge in [0.1, 0.15) is 5.60 Å². The average molecular weight is 332 g/mol. The van der Waals surface area contributed by atoms with Crippen LogP contribution < -0.4 is 0 Å². The summed E-state index contributed by atoms with van der Waals surface area (Å²) in [7, 11) is 0. The second-order valence-corrected chi connectivity index (χ2v) is 5.12. The van der Waals surface area contributed by atoms with Crippen molar-refractivity contribution in [1.29, 1.82) is 0 Å². The van der Waals surface area contributed by atoms with Crippen LogP contribution in [0.4, 0.5) is 0 Å². The van der Waals surface area contributed by atoms with Crippen molar-refractivity contribution in [2.24, 2.45) is 0 Å². The minimum Gasteiger partial charge on any atom is -0.462 e. The number of rotatable bonds is 8. The zero-order valence-corrected chi connectivity index (χ0v) is 15.5. The van der Waals surface area contributed by atoms with E-state index < -0.39 is 17.5 Å². The van der Waals surface area contributed by atoms with E-state index in [1.807, 2.05) is 26.0 Å². The lowest BCUT2D eigenvalue weighted by Gasteiger charge is -2.23. The minimum absolute atomic E-state index is 0.161. The van der Waals surface area contributed by atoms with Crippen LogP contribution in [-0.4, -0.2) is 24.1 Å². The van der Waals surface area contributed by atoms with E-state index in [2.05, 4.69) is 0 Å². The summed E-state index contributed by atoms with van der Waals surface area (Å²) in [6.07, 6.45) is 13.6. The Labute approximate surface area is 145 Å². The van der Waals surface area contributed by atoms with Crippen LogP contribution in [0, 0.1) is 0 Å². The Hall–Kier alpha value is -2.36. The molecule has 0 bridgehead atoms. The topological polar surface area (TPSA) is 52.6 Å². The van der Waals surface area contributed by atoms with Crippen molar-refractivity contribution >= 4 is 11.9 Å². The van der Waals surface area contributed by atoms with Crippen LogP contribution in [0.25, 0.3) is 0 Å². The van der Waals surface area contributed by atoms with Crippen LogP contribution in [-0.2, 0) is 19.1 Å².